The highest BCUT2D eigenvalue weighted by molar-refractivity contribution is 7.21. The number of halogens is 1. The van der Waals surface area contributed by atoms with Gasteiger partial charge >= 0.3 is 5.97 Å². The Hall–Kier alpha value is -2.82. The Morgan fingerprint density at radius 2 is 1.56 bits per heavy atom. The first kappa shape index (κ1) is 17.6. The van der Waals surface area contributed by atoms with Crippen molar-refractivity contribution in [1.82, 2.24) is 0 Å². The zero-order valence-electron chi connectivity index (χ0n) is 14.4. The first-order chi connectivity index (χ1) is 13.2. The van der Waals surface area contributed by atoms with Crippen LogP contribution < -0.4 is 9.47 Å². The molecule has 0 atom stereocenters. The van der Waals surface area contributed by atoms with Crippen LogP contribution in [0, 0.1) is 0 Å². The minimum absolute atomic E-state index is 0.382. The molecule has 1 aromatic heterocycles. The number of carbonyl (C=O) groups is 1. The highest BCUT2D eigenvalue weighted by Crippen LogP contribution is 2.38. The molecule has 0 N–H and O–H groups in total. The van der Waals surface area contributed by atoms with Crippen LogP contribution in [0.1, 0.15) is 9.67 Å². The lowest BCUT2D eigenvalue weighted by molar-refractivity contribution is 0.0740. The number of ether oxygens (including phenoxy) is 2. The topological polar surface area (TPSA) is 35.5 Å². The molecule has 0 aliphatic heterocycles. The molecule has 0 fully saturated rings. The smallest absolute Gasteiger partial charge is 0.355 e. The van der Waals surface area contributed by atoms with Crippen LogP contribution in [0.2, 0.25) is 5.02 Å². The fourth-order valence-corrected chi connectivity index (χ4v) is 4.16. The summed E-state index contributed by atoms with van der Waals surface area (Å²) >= 11 is 7.71. The standard InChI is InChI=1S/C22H15ClO3S/c1-25-17-11-12-19-18(13-17)20(23)21(27-19)22(24)26-16-9-7-15(8-10-16)14-5-3-2-4-6-14/h2-13H,1H3. The number of hydrogen-bond acceptors (Lipinski definition) is 4. The van der Waals surface area contributed by atoms with Crippen LogP contribution >= 0.6 is 22.9 Å². The molecule has 134 valence electrons. The van der Waals surface area contributed by atoms with Gasteiger partial charge in [0.2, 0.25) is 0 Å². The van der Waals surface area contributed by atoms with Gasteiger partial charge in [0.25, 0.3) is 0 Å². The van der Waals surface area contributed by atoms with E-state index in [0.29, 0.717) is 21.4 Å². The summed E-state index contributed by atoms with van der Waals surface area (Å²) in [6.07, 6.45) is 0. The van der Waals surface area contributed by atoms with Crippen molar-refractivity contribution in [2.45, 2.75) is 0 Å². The van der Waals surface area contributed by atoms with Crippen LogP contribution in [0.15, 0.2) is 72.8 Å². The largest absolute Gasteiger partial charge is 0.497 e. The van der Waals surface area contributed by atoms with E-state index in [2.05, 4.69) is 0 Å². The second-order valence-electron chi connectivity index (χ2n) is 5.89. The fraction of sp³-hybridized carbons (Fsp3) is 0.0455. The lowest BCUT2D eigenvalue weighted by Gasteiger charge is -2.05. The van der Waals surface area contributed by atoms with Gasteiger partial charge in [-0.3, -0.25) is 0 Å². The van der Waals surface area contributed by atoms with E-state index in [9.17, 15) is 4.79 Å². The van der Waals surface area contributed by atoms with Crippen molar-refractivity contribution in [2.75, 3.05) is 7.11 Å². The molecule has 0 bridgehead atoms. The van der Waals surface area contributed by atoms with Gasteiger partial charge in [-0.2, -0.15) is 0 Å². The van der Waals surface area contributed by atoms with Gasteiger partial charge in [0.1, 0.15) is 16.4 Å². The average molecular weight is 395 g/mol. The van der Waals surface area contributed by atoms with Crippen molar-refractivity contribution < 1.29 is 14.3 Å². The van der Waals surface area contributed by atoms with E-state index in [4.69, 9.17) is 21.1 Å². The fourth-order valence-electron chi connectivity index (χ4n) is 2.80. The Morgan fingerprint density at radius 1 is 0.889 bits per heavy atom. The maximum absolute atomic E-state index is 12.6. The molecule has 0 aliphatic rings. The Morgan fingerprint density at radius 3 is 2.26 bits per heavy atom. The summed E-state index contributed by atoms with van der Waals surface area (Å²) in [7, 11) is 1.59. The number of fused-ring (bicyclic) bond motifs is 1. The molecule has 0 aliphatic carbocycles. The van der Waals surface area contributed by atoms with Gasteiger partial charge in [0.15, 0.2) is 0 Å². The summed E-state index contributed by atoms with van der Waals surface area (Å²) in [4.78, 5) is 13.0. The zero-order chi connectivity index (χ0) is 18.8. The van der Waals surface area contributed by atoms with Crippen molar-refractivity contribution in [3.05, 3.63) is 82.7 Å². The first-order valence-electron chi connectivity index (χ1n) is 8.29. The first-order valence-corrected chi connectivity index (χ1v) is 9.49. The van der Waals surface area contributed by atoms with Crippen molar-refractivity contribution in [2.24, 2.45) is 0 Å². The summed E-state index contributed by atoms with van der Waals surface area (Å²) in [6.45, 7) is 0. The molecule has 0 radical (unpaired) electrons. The summed E-state index contributed by atoms with van der Waals surface area (Å²) in [5, 5.41) is 1.17. The number of hydrogen-bond donors (Lipinski definition) is 0. The van der Waals surface area contributed by atoms with Crippen LogP contribution in [-0.4, -0.2) is 13.1 Å². The number of carbonyl (C=O) groups excluding carboxylic acids is 1. The van der Waals surface area contributed by atoms with E-state index in [1.807, 2.05) is 60.7 Å². The van der Waals surface area contributed by atoms with E-state index in [1.165, 1.54) is 11.3 Å². The predicted octanol–water partition coefficient (Wildman–Crippen LogP) is 6.45. The molecule has 3 aromatic carbocycles. The van der Waals surface area contributed by atoms with Crippen molar-refractivity contribution in [3.63, 3.8) is 0 Å². The monoisotopic (exact) mass is 394 g/mol. The Balaban J connectivity index is 1.57. The van der Waals surface area contributed by atoms with Gasteiger partial charge in [-0.05, 0) is 41.5 Å². The maximum atomic E-state index is 12.6. The molecule has 4 rings (SSSR count). The normalized spacial score (nSPS) is 10.7. The number of thiophene rings is 1. The zero-order valence-corrected chi connectivity index (χ0v) is 16.0. The Bertz CT molecular complexity index is 1100. The van der Waals surface area contributed by atoms with Crippen LogP contribution in [0.25, 0.3) is 21.2 Å². The molecular formula is C22H15ClO3S. The lowest BCUT2D eigenvalue weighted by atomic mass is 10.1. The summed E-state index contributed by atoms with van der Waals surface area (Å²) < 4.78 is 11.6. The summed E-state index contributed by atoms with van der Waals surface area (Å²) in [6, 6.07) is 23.0. The SMILES string of the molecule is COc1ccc2sc(C(=O)Oc3ccc(-c4ccccc4)cc3)c(Cl)c2c1. The third-order valence-electron chi connectivity index (χ3n) is 4.19. The van der Waals surface area contributed by atoms with E-state index in [-0.39, 0.29) is 0 Å². The van der Waals surface area contributed by atoms with E-state index in [1.54, 1.807) is 19.2 Å². The summed E-state index contributed by atoms with van der Waals surface area (Å²) in [5.41, 5.74) is 2.17. The van der Waals surface area contributed by atoms with Crippen LogP contribution in [0.4, 0.5) is 0 Å². The predicted molar refractivity (Wildman–Crippen MR) is 110 cm³/mol. The highest BCUT2D eigenvalue weighted by Gasteiger charge is 2.19. The minimum atomic E-state index is -0.465. The highest BCUT2D eigenvalue weighted by atomic mass is 35.5. The molecule has 5 heteroatoms. The van der Waals surface area contributed by atoms with E-state index < -0.39 is 5.97 Å². The van der Waals surface area contributed by atoms with Crippen LogP contribution in [-0.2, 0) is 0 Å². The number of esters is 1. The third kappa shape index (κ3) is 3.54. The molecule has 3 nitrogen and oxygen atoms in total. The van der Waals surface area contributed by atoms with Gasteiger partial charge < -0.3 is 9.47 Å². The van der Waals surface area contributed by atoms with Crippen molar-refractivity contribution in [1.29, 1.82) is 0 Å². The minimum Gasteiger partial charge on any atom is -0.497 e. The molecule has 0 unspecified atom stereocenters. The Labute approximate surface area is 165 Å². The van der Waals surface area contributed by atoms with Gasteiger partial charge in [0.05, 0.1) is 12.1 Å². The average Bonchev–Trinajstić information content (AvgIpc) is 3.05. The molecule has 0 saturated carbocycles. The maximum Gasteiger partial charge on any atom is 0.355 e. The van der Waals surface area contributed by atoms with Crippen LogP contribution in [0.5, 0.6) is 11.5 Å². The summed E-state index contributed by atoms with van der Waals surface area (Å²) in [5.74, 6) is 0.706. The number of methoxy groups -OCH3 is 1. The van der Waals surface area contributed by atoms with E-state index in [0.717, 1.165) is 21.2 Å². The lowest BCUT2D eigenvalue weighted by Crippen LogP contribution is -2.06. The van der Waals surface area contributed by atoms with Gasteiger partial charge in [-0.25, -0.2) is 4.79 Å². The molecule has 4 aromatic rings. The molecule has 0 spiro atoms. The Kier molecular flexibility index (Phi) is 4.84. The van der Waals surface area contributed by atoms with Gasteiger partial charge in [-0.15, -0.1) is 11.3 Å². The van der Waals surface area contributed by atoms with Crippen molar-refractivity contribution >= 4 is 39.0 Å². The molecule has 0 amide bonds. The molecule has 0 saturated heterocycles. The second kappa shape index (κ2) is 7.43. The van der Waals surface area contributed by atoms with Crippen molar-refractivity contribution in [3.8, 4) is 22.6 Å². The van der Waals surface area contributed by atoms with E-state index >= 15 is 0 Å². The molecular weight excluding hydrogens is 380 g/mol. The second-order valence-corrected chi connectivity index (χ2v) is 7.32. The van der Waals surface area contributed by atoms with Crippen LogP contribution in [0.3, 0.4) is 0 Å². The molecule has 1 heterocycles. The van der Waals surface area contributed by atoms with Gasteiger partial charge in [-0.1, -0.05) is 54.1 Å². The third-order valence-corrected chi connectivity index (χ3v) is 5.85. The quantitative estimate of drug-likeness (QED) is 0.294. The molecule has 27 heavy (non-hydrogen) atoms. The van der Waals surface area contributed by atoms with Gasteiger partial charge in [0, 0.05) is 10.1 Å². The number of rotatable bonds is 4. The number of benzene rings is 3.